The number of aromatic nitrogens is 7. The van der Waals surface area contributed by atoms with Crippen molar-refractivity contribution in [2.45, 2.75) is 18.9 Å². The molecule has 0 spiro atoms. The van der Waals surface area contributed by atoms with Crippen molar-refractivity contribution in [3.63, 3.8) is 0 Å². The second-order valence-electron chi connectivity index (χ2n) is 11.7. The highest BCUT2D eigenvalue weighted by Crippen LogP contribution is 2.34. The third kappa shape index (κ3) is 6.08. The van der Waals surface area contributed by atoms with E-state index in [9.17, 15) is 13.2 Å². The molecular weight excluding hydrogens is 581 g/mol. The van der Waals surface area contributed by atoms with E-state index < -0.39 is 5.92 Å². The van der Waals surface area contributed by atoms with Gasteiger partial charge in [-0.15, -0.1) is 0 Å². The lowest BCUT2D eigenvalue weighted by molar-refractivity contribution is 0.0115. The number of benzene rings is 1. The summed E-state index contributed by atoms with van der Waals surface area (Å²) >= 11 is 0. The molecule has 230 valence electrons. The number of fused-ring (bicyclic) bond motifs is 2. The Bertz CT molecular complexity index is 2000. The van der Waals surface area contributed by atoms with Crippen LogP contribution in [0.4, 0.5) is 18.9 Å². The van der Waals surface area contributed by atoms with Crippen LogP contribution in [0.15, 0.2) is 61.3 Å². The highest BCUT2D eigenvalue weighted by molar-refractivity contribution is 5.97. The molecule has 6 aromatic rings. The van der Waals surface area contributed by atoms with Gasteiger partial charge in [0, 0.05) is 73.4 Å². The van der Waals surface area contributed by atoms with Gasteiger partial charge in [-0.1, -0.05) is 0 Å². The minimum absolute atomic E-state index is 0.126. The molecule has 1 aliphatic rings. The average molecular weight is 613 g/mol. The molecule has 1 aromatic carbocycles. The fraction of sp³-hybridized carbons (Fsp3) is 0.281. The second kappa shape index (κ2) is 11.6. The number of hydrogen-bond acceptors (Lipinski definition) is 8. The monoisotopic (exact) mass is 612 g/mol. The predicted octanol–water partition coefficient (Wildman–Crippen LogP) is 5.58. The molecule has 1 saturated heterocycles. The number of pyridine rings is 3. The van der Waals surface area contributed by atoms with E-state index in [1.165, 1.54) is 12.1 Å². The zero-order chi connectivity index (χ0) is 31.1. The Labute approximate surface area is 256 Å². The molecule has 45 heavy (non-hydrogen) atoms. The summed E-state index contributed by atoms with van der Waals surface area (Å²) in [5.74, 6) is -2.49. The molecule has 0 aliphatic carbocycles. The number of imidazole rings is 1. The summed E-state index contributed by atoms with van der Waals surface area (Å²) in [4.78, 5) is 25.3. The summed E-state index contributed by atoms with van der Waals surface area (Å²) in [6.45, 7) is 1.98. The number of likely N-dealkylation sites (N-methyl/N-ethyl adjacent to an activating group) is 1. The van der Waals surface area contributed by atoms with Crippen LogP contribution < -0.4 is 5.32 Å². The topological polar surface area (TPSA) is 115 Å². The maximum Gasteiger partial charge on any atom is 0.261 e. The van der Waals surface area contributed by atoms with Crippen molar-refractivity contribution in [1.29, 1.82) is 0 Å². The Hall–Kier alpha value is -4.88. The van der Waals surface area contributed by atoms with Gasteiger partial charge >= 0.3 is 0 Å². The highest BCUT2D eigenvalue weighted by Gasteiger charge is 2.37. The molecule has 1 fully saturated rings. The van der Waals surface area contributed by atoms with Crippen LogP contribution in [0.2, 0.25) is 0 Å². The quantitative estimate of drug-likeness (QED) is 0.194. The maximum atomic E-state index is 14.7. The van der Waals surface area contributed by atoms with Crippen molar-refractivity contribution in [1.82, 2.24) is 44.9 Å². The molecule has 0 radical (unpaired) electrons. The molecule has 0 saturated carbocycles. The van der Waals surface area contributed by atoms with Crippen molar-refractivity contribution in [2.75, 3.05) is 45.6 Å². The van der Waals surface area contributed by atoms with Gasteiger partial charge in [-0.2, -0.15) is 5.10 Å². The third-order valence-electron chi connectivity index (χ3n) is 7.91. The number of aromatic amines is 2. The summed E-state index contributed by atoms with van der Waals surface area (Å²) in [5, 5.41) is 11.6. The van der Waals surface area contributed by atoms with Gasteiger partial charge in [0.25, 0.3) is 5.92 Å². The normalized spacial score (nSPS) is 15.1. The van der Waals surface area contributed by atoms with E-state index in [1.807, 2.05) is 32.3 Å². The molecular formula is C32H31F3N10. The van der Waals surface area contributed by atoms with Crippen LogP contribution in [-0.4, -0.2) is 91.1 Å². The van der Waals surface area contributed by atoms with Crippen molar-refractivity contribution < 1.29 is 13.2 Å². The fourth-order valence-electron chi connectivity index (χ4n) is 5.70. The van der Waals surface area contributed by atoms with Crippen LogP contribution in [-0.2, 0) is 6.54 Å². The second-order valence-corrected chi connectivity index (χ2v) is 11.7. The molecule has 5 aromatic heterocycles. The number of anilines is 1. The lowest BCUT2D eigenvalue weighted by Gasteiger charge is -2.15. The van der Waals surface area contributed by atoms with Gasteiger partial charge in [0.05, 0.1) is 41.2 Å². The fourth-order valence-corrected chi connectivity index (χ4v) is 5.70. The SMILES string of the molecule is CN(C)CCNc1cc(F)cc(-c2cncc3[nH]c(-c4n[nH]c5cnc(-c6cncc(CN7CCC(F)(F)C7)c6)cc45)nc23)c1. The van der Waals surface area contributed by atoms with E-state index in [0.717, 1.165) is 28.6 Å². The third-order valence-corrected chi connectivity index (χ3v) is 7.91. The van der Waals surface area contributed by atoms with Crippen molar-refractivity contribution >= 4 is 27.6 Å². The molecule has 1 aliphatic heterocycles. The van der Waals surface area contributed by atoms with Gasteiger partial charge in [-0.25, -0.2) is 18.2 Å². The zero-order valence-corrected chi connectivity index (χ0v) is 24.8. The Morgan fingerprint density at radius 1 is 0.978 bits per heavy atom. The molecule has 10 nitrogen and oxygen atoms in total. The summed E-state index contributed by atoms with van der Waals surface area (Å²) < 4.78 is 42.1. The summed E-state index contributed by atoms with van der Waals surface area (Å²) in [5.41, 5.74) is 6.92. The van der Waals surface area contributed by atoms with Crippen molar-refractivity contribution in [2.24, 2.45) is 0 Å². The summed E-state index contributed by atoms with van der Waals surface area (Å²) in [6, 6.07) is 8.67. The van der Waals surface area contributed by atoms with Crippen molar-refractivity contribution in [3.8, 4) is 33.9 Å². The van der Waals surface area contributed by atoms with E-state index in [0.29, 0.717) is 64.7 Å². The number of hydrogen-bond donors (Lipinski definition) is 3. The maximum absolute atomic E-state index is 14.7. The molecule has 0 amide bonds. The van der Waals surface area contributed by atoms with E-state index in [4.69, 9.17) is 4.98 Å². The van der Waals surface area contributed by atoms with Crippen LogP contribution in [0.5, 0.6) is 0 Å². The van der Waals surface area contributed by atoms with Crippen LogP contribution in [0, 0.1) is 5.82 Å². The zero-order valence-electron chi connectivity index (χ0n) is 24.8. The first kappa shape index (κ1) is 28.9. The number of nitrogens with one attached hydrogen (secondary N) is 3. The smallest absolute Gasteiger partial charge is 0.261 e. The highest BCUT2D eigenvalue weighted by atomic mass is 19.3. The Morgan fingerprint density at radius 3 is 2.67 bits per heavy atom. The molecule has 0 unspecified atom stereocenters. The van der Waals surface area contributed by atoms with Crippen LogP contribution in [0.25, 0.3) is 55.8 Å². The van der Waals surface area contributed by atoms with Gasteiger partial charge in [0.15, 0.2) is 5.82 Å². The van der Waals surface area contributed by atoms with E-state index in [1.54, 1.807) is 35.9 Å². The molecule has 7 rings (SSSR count). The number of likely N-dealkylation sites (tertiary alicyclic amines) is 1. The number of halogens is 3. The Kier molecular flexibility index (Phi) is 7.42. The van der Waals surface area contributed by atoms with E-state index in [-0.39, 0.29) is 18.8 Å². The minimum Gasteiger partial charge on any atom is -0.384 e. The first-order valence-corrected chi connectivity index (χ1v) is 14.6. The molecule has 0 atom stereocenters. The van der Waals surface area contributed by atoms with E-state index in [2.05, 4.69) is 40.3 Å². The number of alkyl halides is 2. The van der Waals surface area contributed by atoms with Crippen molar-refractivity contribution in [3.05, 3.63) is 72.7 Å². The van der Waals surface area contributed by atoms with Gasteiger partial charge in [-0.05, 0) is 55.6 Å². The lowest BCUT2D eigenvalue weighted by atomic mass is 10.1. The Morgan fingerprint density at radius 2 is 1.84 bits per heavy atom. The molecule has 3 N–H and O–H groups in total. The number of rotatable bonds is 9. The summed E-state index contributed by atoms with van der Waals surface area (Å²) in [6.07, 6.45) is 8.33. The van der Waals surface area contributed by atoms with Gasteiger partial charge in [0.2, 0.25) is 0 Å². The van der Waals surface area contributed by atoms with Crippen LogP contribution in [0.3, 0.4) is 0 Å². The standard InChI is InChI=1S/C32H31F3N10/c1-44(2)6-4-38-23-9-20(8-22(33)10-23)25-14-37-15-28-29(25)41-31(40-28)30-24-11-26(39-16-27(24)42-43-30)21-7-19(12-36-13-21)17-45-5-3-32(34,35)18-45/h7-16,38H,3-6,17-18H2,1-2H3,(H,40,41)(H,42,43). The average Bonchev–Trinajstić information content (AvgIpc) is 3.72. The summed E-state index contributed by atoms with van der Waals surface area (Å²) in [7, 11) is 3.97. The molecule has 0 bridgehead atoms. The van der Waals surface area contributed by atoms with E-state index >= 15 is 0 Å². The number of nitrogens with zero attached hydrogens (tertiary/aromatic N) is 7. The molecule has 13 heteroatoms. The minimum atomic E-state index is -2.65. The first-order chi connectivity index (χ1) is 21.7. The predicted molar refractivity (Wildman–Crippen MR) is 167 cm³/mol. The lowest BCUT2D eigenvalue weighted by Crippen LogP contribution is -2.24. The Balaban J connectivity index is 1.20. The van der Waals surface area contributed by atoms with Crippen LogP contribution >= 0.6 is 0 Å². The van der Waals surface area contributed by atoms with Gasteiger partial charge in [0.1, 0.15) is 11.5 Å². The van der Waals surface area contributed by atoms with Gasteiger partial charge in [-0.3, -0.25) is 25.0 Å². The first-order valence-electron chi connectivity index (χ1n) is 14.6. The number of H-pyrrole nitrogens is 2. The van der Waals surface area contributed by atoms with Gasteiger partial charge < -0.3 is 15.2 Å². The largest absolute Gasteiger partial charge is 0.384 e. The van der Waals surface area contributed by atoms with Crippen LogP contribution in [0.1, 0.15) is 12.0 Å². The molecule has 6 heterocycles.